The number of methoxy groups -OCH3 is 1. The SMILES string of the molecule is COCCNC(=O)CN1CCN(CC(=O)NC(C)C(C)C)CC1. The lowest BCUT2D eigenvalue weighted by Crippen LogP contribution is -2.52. The van der Waals surface area contributed by atoms with Crippen LogP contribution in [0.15, 0.2) is 0 Å². The van der Waals surface area contributed by atoms with Crippen LogP contribution in [0.1, 0.15) is 20.8 Å². The van der Waals surface area contributed by atoms with E-state index in [-0.39, 0.29) is 17.9 Å². The second-order valence-corrected chi connectivity index (χ2v) is 6.50. The first kappa shape index (κ1) is 19.9. The molecule has 134 valence electrons. The van der Waals surface area contributed by atoms with Gasteiger partial charge in [0.05, 0.1) is 19.7 Å². The quantitative estimate of drug-likeness (QED) is 0.560. The van der Waals surface area contributed by atoms with Gasteiger partial charge in [0.25, 0.3) is 0 Å². The van der Waals surface area contributed by atoms with E-state index in [9.17, 15) is 9.59 Å². The van der Waals surface area contributed by atoms with Crippen molar-refractivity contribution in [3.8, 4) is 0 Å². The van der Waals surface area contributed by atoms with Crippen LogP contribution in [0.25, 0.3) is 0 Å². The van der Waals surface area contributed by atoms with Crippen molar-refractivity contribution in [3.63, 3.8) is 0 Å². The van der Waals surface area contributed by atoms with Gasteiger partial charge in [-0.15, -0.1) is 0 Å². The highest BCUT2D eigenvalue weighted by Gasteiger charge is 2.21. The Morgan fingerprint density at radius 1 is 1.00 bits per heavy atom. The third-order valence-electron chi connectivity index (χ3n) is 4.22. The van der Waals surface area contributed by atoms with Crippen molar-refractivity contribution in [1.82, 2.24) is 20.4 Å². The van der Waals surface area contributed by atoms with Gasteiger partial charge in [-0.05, 0) is 12.8 Å². The van der Waals surface area contributed by atoms with Crippen LogP contribution >= 0.6 is 0 Å². The molecule has 0 aromatic rings. The van der Waals surface area contributed by atoms with E-state index in [1.165, 1.54) is 0 Å². The monoisotopic (exact) mass is 328 g/mol. The summed E-state index contributed by atoms with van der Waals surface area (Å²) in [7, 11) is 1.61. The van der Waals surface area contributed by atoms with E-state index < -0.39 is 0 Å². The topological polar surface area (TPSA) is 73.9 Å². The molecule has 1 aliphatic rings. The van der Waals surface area contributed by atoms with Crippen molar-refractivity contribution in [2.45, 2.75) is 26.8 Å². The van der Waals surface area contributed by atoms with Crippen LogP contribution in [0.2, 0.25) is 0 Å². The standard InChI is InChI=1S/C16H32N4O3/c1-13(2)14(3)18-16(22)12-20-8-6-19(7-9-20)11-15(21)17-5-10-23-4/h13-14H,5-12H2,1-4H3,(H,17,21)(H,18,22). The first-order valence-electron chi connectivity index (χ1n) is 8.42. The van der Waals surface area contributed by atoms with Crippen LogP contribution in [-0.4, -0.2) is 87.2 Å². The van der Waals surface area contributed by atoms with Crippen molar-refractivity contribution in [2.24, 2.45) is 5.92 Å². The molecule has 0 bridgehead atoms. The second kappa shape index (κ2) is 10.6. The first-order valence-corrected chi connectivity index (χ1v) is 8.42. The minimum atomic E-state index is 0.0269. The predicted octanol–water partition coefficient (Wildman–Crippen LogP) is -0.473. The van der Waals surface area contributed by atoms with Gasteiger partial charge < -0.3 is 15.4 Å². The van der Waals surface area contributed by atoms with Crippen LogP contribution in [0.5, 0.6) is 0 Å². The highest BCUT2D eigenvalue weighted by atomic mass is 16.5. The molecule has 7 heteroatoms. The normalized spacial score (nSPS) is 18.0. The molecule has 0 aliphatic carbocycles. The number of piperazine rings is 1. The predicted molar refractivity (Wildman–Crippen MR) is 90.2 cm³/mol. The summed E-state index contributed by atoms with van der Waals surface area (Å²) in [5, 5.41) is 5.85. The van der Waals surface area contributed by atoms with Crippen LogP contribution < -0.4 is 10.6 Å². The summed E-state index contributed by atoms with van der Waals surface area (Å²) in [4.78, 5) is 28.0. The van der Waals surface area contributed by atoms with E-state index in [1.807, 2.05) is 6.92 Å². The molecule has 0 spiro atoms. The maximum atomic E-state index is 12.0. The number of carbonyl (C=O) groups is 2. The fourth-order valence-corrected chi connectivity index (χ4v) is 2.33. The third kappa shape index (κ3) is 8.29. The summed E-state index contributed by atoms with van der Waals surface area (Å²) in [6, 6.07) is 0.194. The number of hydrogen-bond acceptors (Lipinski definition) is 5. The zero-order chi connectivity index (χ0) is 17.2. The molecule has 1 rings (SSSR count). The number of carbonyl (C=O) groups excluding carboxylic acids is 2. The Balaban J connectivity index is 2.20. The van der Waals surface area contributed by atoms with Crippen LogP contribution in [0.4, 0.5) is 0 Å². The molecule has 2 amide bonds. The Kier molecular flexibility index (Phi) is 9.13. The second-order valence-electron chi connectivity index (χ2n) is 6.50. The Bertz CT molecular complexity index is 368. The van der Waals surface area contributed by atoms with Gasteiger partial charge in [-0.25, -0.2) is 0 Å². The minimum Gasteiger partial charge on any atom is -0.383 e. The summed E-state index contributed by atoms with van der Waals surface area (Å²) in [5.74, 6) is 0.545. The van der Waals surface area contributed by atoms with Crippen LogP contribution in [-0.2, 0) is 14.3 Å². The zero-order valence-electron chi connectivity index (χ0n) is 14.9. The van der Waals surface area contributed by atoms with E-state index in [1.54, 1.807) is 7.11 Å². The molecule has 2 N–H and O–H groups in total. The summed E-state index contributed by atoms with van der Waals surface area (Å²) in [5.41, 5.74) is 0. The average molecular weight is 328 g/mol. The zero-order valence-corrected chi connectivity index (χ0v) is 14.9. The summed E-state index contributed by atoms with van der Waals surface area (Å²) < 4.78 is 4.90. The Labute approximate surface area is 139 Å². The molecule has 1 heterocycles. The molecule has 1 fully saturated rings. The average Bonchev–Trinajstić information content (AvgIpc) is 2.49. The van der Waals surface area contributed by atoms with Crippen molar-refractivity contribution in [1.29, 1.82) is 0 Å². The molecular weight excluding hydrogens is 296 g/mol. The summed E-state index contributed by atoms with van der Waals surface area (Å²) >= 11 is 0. The molecule has 0 aromatic heterocycles. The van der Waals surface area contributed by atoms with Crippen molar-refractivity contribution < 1.29 is 14.3 Å². The van der Waals surface area contributed by atoms with E-state index in [0.29, 0.717) is 32.2 Å². The minimum absolute atomic E-state index is 0.0269. The van der Waals surface area contributed by atoms with Crippen LogP contribution in [0.3, 0.4) is 0 Å². The number of nitrogens with zero attached hydrogens (tertiary/aromatic N) is 2. The fourth-order valence-electron chi connectivity index (χ4n) is 2.33. The maximum Gasteiger partial charge on any atom is 0.234 e. The van der Waals surface area contributed by atoms with Gasteiger partial charge in [0.2, 0.25) is 11.8 Å². The molecule has 0 aromatic carbocycles. The third-order valence-corrected chi connectivity index (χ3v) is 4.22. The Morgan fingerprint density at radius 3 is 2.00 bits per heavy atom. The lowest BCUT2D eigenvalue weighted by molar-refractivity contribution is -0.125. The lowest BCUT2D eigenvalue weighted by Gasteiger charge is -2.34. The first-order chi connectivity index (χ1) is 10.9. The number of rotatable bonds is 9. The van der Waals surface area contributed by atoms with Gasteiger partial charge in [-0.2, -0.15) is 0 Å². The molecule has 0 saturated carbocycles. The molecular formula is C16H32N4O3. The van der Waals surface area contributed by atoms with Gasteiger partial charge in [0.1, 0.15) is 0 Å². The molecule has 1 aliphatic heterocycles. The number of amides is 2. The smallest absolute Gasteiger partial charge is 0.234 e. The van der Waals surface area contributed by atoms with Crippen LogP contribution in [0, 0.1) is 5.92 Å². The Morgan fingerprint density at radius 2 is 1.52 bits per heavy atom. The molecule has 1 saturated heterocycles. The molecule has 1 unspecified atom stereocenters. The van der Waals surface area contributed by atoms with Crippen molar-refractivity contribution in [3.05, 3.63) is 0 Å². The summed E-state index contributed by atoms with van der Waals surface area (Å²) in [6.45, 7) is 11.4. The van der Waals surface area contributed by atoms with E-state index in [0.717, 1.165) is 26.2 Å². The maximum absolute atomic E-state index is 12.0. The lowest BCUT2D eigenvalue weighted by atomic mass is 10.1. The number of ether oxygens (including phenoxy) is 1. The van der Waals surface area contributed by atoms with Gasteiger partial charge >= 0.3 is 0 Å². The van der Waals surface area contributed by atoms with Gasteiger partial charge in [-0.3, -0.25) is 19.4 Å². The molecule has 7 nitrogen and oxygen atoms in total. The van der Waals surface area contributed by atoms with E-state index in [2.05, 4.69) is 34.3 Å². The molecule has 23 heavy (non-hydrogen) atoms. The largest absolute Gasteiger partial charge is 0.383 e. The Hall–Kier alpha value is -1.18. The number of hydrogen-bond donors (Lipinski definition) is 2. The highest BCUT2D eigenvalue weighted by Crippen LogP contribution is 2.03. The molecule has 1 atom stereocenters. The van der Waals surface area contributed by atoms with Crippen molar-refractivity contribution in [2.75, 3.05) is 59.5 Å². The van der Waals surface area contributed by atoms with Crippen molar-refractivity contribution >= 4 is 11.8 Å². The van der Waals surface area contributed by atoms with Gasteiger partial charge in [-0.1, -0.05) is 13.8 Å². The van der Waals surface area contributed by atoms with E-state index in [4.69, 9.17) is 4.74 Å². The molecule has 0 radical (unpaired) electrons. The fraction of sp³-hybridized carbons (Fsp3) is 0.875. The van der Waals surface area contributed by atoms with Gasteiger partial charge in [0.15, 0.2) is 0 Å². The summed E-state index contributed by atoms with van der Waals surface area (Å²) in [6.07, 6.45) is 0. The van der Waals surface area contributed by atoms with E-state index >= 15 is 0 Å². The number of nitrogens with one attached hydrogen (secondary N) is 2. The highest BCUT2D eigenvalue weighted by molar-refractivity contribution is 5.78. The van der Waals surface area contributed by atoms with Gasteiger partial charge in [0, 0.05) is 45.9 Å².